The first kappa shape index (κ1) is 14.5. The van der Waals surface area contributed by atoms with Gasteiger partial charge in [0.2, 0.25) is 0 Å². The summed E-state index contributed by atoms with van der Waals surface area (Å²) in [5.74, 6) is 0. The van der Waals surface area contributed by atoms with Crippen molar-refractivity contribution in [2.45, 2.75) is 33.3 Å². The van der Waals surface area contributed by atoms with Gasteiger partial charge in [-0.25, -0.2) is 4.79 Å². The molecule has 4 nitrogen and oxygen atoms in total. The molecule has 1 aromatic carbocycles. The molecule has 1 aromatic rings. The van der Waals surface area contributed by atoms with Crippen LogP contribution in [0.2, 0.25) is 0 Å². The third kappa shape index (κ3) is 4.75. The Morgan fingerprint density at radius 1 is 1.39 bits per heavy atom. The van der Waals surface area contributed by atoms with E-state index in [1.807, 2.05) is 38.1 Å². The summed E-state index contributed by atoms with van der Waals surface area (Å²) in [6.07, 6.45) is 0.355. The zero-order valence-electron chi connectivity index (χ0n) is 11.3. The molecule has 18 heavy (non-hydrogen) atoms. The lowest BCUT2D eigenvalue weighted by molar-refractivity contribution is 0.138. The van der Waals surface area contributed by atoms with Gasteiger partial charge in [0.25, 0.3) is 0 Å². The standard InChI is InChI=1S/C14H22N2O2/c1-4-9-16(10-12(3)17)14(18)15-13-7-5-11(2)6-8-13/h5-8,12,17H,4,9-10H2,1-3H3,(H,15,18). The second-order valence-corrected chi connectivity index (χ2v) is 4.59. The molecule has 1 unspecified atom stereocenters. The van der Waals surface area contributed by atoms with Crippen LogP contribution in [-0.2, 0) is 0 Å². The van der Waals surface area contributed by atoms with Gasteiger partial charge in [0.15, 0.2) is 0 Å². The van der Waals surface area contributed by atoms with Crippen LogP contribution in [0.4, 0.5) is 10.5 Å². The molecule has 0 aromatic heterocycles. The summed E-state index contributed by atoms with van der Waals surface area (Å²) in [5.41, 5.74) is 1.93. The second-order valence-electron chi connectivity index (χ2n) is 4.59. The summed E-state index contributed by atoms with van der Waals surface area (Å²) < 4.78 is 0. The van der Waals surface area contributed by atoms with Crippen LogP contribution >= 0.6 is 0 Å². The van der Waals surface area contributed by atoms with Crippen LogP contribution in [0.1, 0.15) is 25.8 Å². The molecule has 0 aliphatic carbocycles. The molecule has 0 bridgehead atoms. The molecule has 4 heteroatoms. The summed E-state index contributed by atoms with van der Waals surface area (Å²) in [6.45, 7) is 6.69. The number of carbonyl (C=O) groups excluding carboxylic acids is 1. The van der Waals surface area contributed by atoms with Crippen molar-refractivity contribution in [1.29, 1.82) is 0 Å². The van der Waals surface area contributed by atoms with Crippen LogP contribution in [-0.4, -0.2) is 35.2 Å². The maximum absolute atomic E-state index is 12.0. The number of aryl methyl sites for hydroxylation is 1. The van der Waals surface area contributed by atoms with E-state index >= 15 is 0 Å². The third-order valence-corrected chi connectivity index (χ3v) is 2.57. The molecule has 0 radical (unpaired) electrons. The maximum atomic E-state index is 12.0. The van der Waals surface area contributed by atoms with E-state index in [2.05, 4.69) is 5.32 Å². The molecule has 0 spiro atoms. The molecule has 0 fully saturated rings. The molecule has 0 saturated heterocycles. The summed E-state index contributed by atoms with van der Waals surface area (Å²) in [4.78, 5) is 13.7. The Labute approximate surface area is 109 Å². The van der Waals surface area contributed by atoms with Crippen LogP contribution in [0.3, 0.4) is 0 Å². The van der Waals surface area contributed by atoms with E-state index < -0.39 is 6.10 Å². The van der Waals surface area contributed by atoms with Crippen molar-refractivity contribution in [3.05, 3.63) is 29.8 Å². The highest BCUT2D eigenvalue weighted by Gasteiger charge is 2.14. The van der Waals surface area contributed by atoms with Crippen molar-refractivity contribution < 1.29 is 9.90 Å². The highest BCUT2D eigenvalue weighted by molar-refractivity contribution is 5.89. The van der Waals surface area contributed by atoms with Gasteiger partial charge in [-0.1, -0.05) is 24.6 Å². The molecular formula is C14H22N2O2. The van der Waals surface area contributed by atoms with Crippen LogP contribution in [0.5, 0.6) is 0 Å². The topological polar surface area (TPSA) is 52.6 Å². The van der Waals surface area contributed by atoms with Gasteiger partial charge in [0, 0.05) is 18.8 Å². The van der Waals surface area contributed by atoms with Crippen molar-refractivity contribution >= 4 is 11.7 Å². The van der Waals surface area contributed by atoms with E-state index in [4.69, 9.17) is 0 Å². The van der Waals surface area contributed by atoms with E-state index in [0.29, 0.717) is 13.1 Å². The first-order chi connectivity index (χ1) is 8.52. The Bertz CT molecular complexity index is 374. The minimum Gasteiger partial charge on any atom is -0.392 e. The van der Waals surface area contributed by atoms with E-state index in [0.717, 1.165) is 17.7 Å². The molecule has 2 amide bonds. The summed E-state index contributed by atoms with van der Waals surface area (Å²) in [7, 11) is 0. The highest BCUT2D eigenvalue weighted by atomic mass is 16.3. The number of carbonyl (C=O) groups is 1. The fourth-order valence-electron chi connectivity index (χ4n) is 1.70. The molecule has 0 aliphatic rings. The van der Waals surface area contributed by atoms with Crippen molar-refractivity contribution in [2.75, 3.05) is 18.4 Å². The SMILES string of the molecule is CCCN(CC(C)O)C(=O)Nc1ccc(C)cc1. The van der Waals surface area contributed by atoms with Gasteiger partial charge in [-0.2, -0.15) is 0 Å². The van der Waals surface area contributed by atoms with E-state index in [1.165, 1.54) is 0 Å². The average molecular weight is 250 g/mol. The molecule has 100 valence electrons. The smallest absolute Gasteiger partial charge is 0.321 e. The number of urea groups is 1. The first-order valence-electron chi connectivity index (χ1n) is 6.33. The van der Waals surface area contributed by atoms with Gasteiger partial charge in [0.05, 0.1) is 6.10 Å². The zero-order chi connectivity index (χ0) is 13.5. The fraction of sp³-hybridized carbons (Fsp3) is 0.500. The Balaban J connectivity index is 2.63. The predicted octanol–water partition coefficient (Wildman–Crippen LogP) is 2.62. The Morgan fingerprint density at radius 3 is 2.50 bits per heavy atom. The lowest BCUT2D eigenvalue weighted by atomic mass is 10.2. The molecule has 0 saturated carbocycles. The molecule has 0 heterocycles. The number of nitrogens with one attached hydrogen (secondary N) is 1. The maximum Gasteiger partial charge on any atom is 0.321 e. The number of nitrogens with zero attached hydrogens (tertiary/aromatic N) is 1. The van der Waals surface area contributed by atoms with Crippen LogP contribution in [0.25, 0.3) is 0 Å². The number of benzene rings is 1. The quantitative estimate of drug-likeness (QED) is 0.844. The van der Waals surface area contributed by atoms with Crippen molar-refractivity contribution in [3.8, 4) is 0 Å². The van der Waals surface area contributed by atoms with Gasteiger partial charge in [-0.15, -0.1) is 0 Å². The normalized spacial score (nSPS) is 12.0. The van der Waals surface area contributed by atoms with Crippen LogP contribution in [0, 0.1) is 6.92 Å². The van der Waals surface area contributed by atoms with Crippen molar-refractivity contribution in [2.24, 2.45) is 0 Å². The summed E-state index contributed by atoms with van der Waals surface area (Å²) >= 11 is 0. The number of anilines is 1. The predicted molar refractivity (Wildman–Crippen MR) is 73.7 cm³/mol. The Kier molecular flexibility index (Phi) is 5.65. The van der Waals surface area contributed by atoms with Gasteiger partial charge in [-0.05, 0) is 32.4 Å². The number of amides is 2. The number of hydrogen-bond acceptors (Lipinski definition) is 2. The van der Waals surface area contributed by atoms with Crippen molar-refractivity contribution in [3.63, 3.8) is 0 Å². The van der Waals surface area contributed by atoms with Crippen LogP contribution < -0.4 is 5.32 Å². The van der Waals surface area contributed by atoms with Gasteiger partial charge >= 0.3 is 6.03 Å². The minimum absolute atomic E-state index is 0.165. The summed E-state index contributed by atoms with van der Waals surface area (Å²) in [6, 6.07) is 7.49. The fourth-order valence-corrected chi connectivity index (χ4v) is 1.70. The Morgan fingerprint density at radius 2 is 2.00 bits per heavy atom. The molecule has 1 atom stereocenters. The number of aliphatic hydroxyl groups is 1. The third-order valence-electron chi connectivity index (χ3n) is 2.57. The molecule has 2 N–H and O–H groups in total. The summed E-state index contributed by atoms with van der Waals surface area (Å²) in [5, 5.41) is 12.2. The highest BCUT2D eigenvalue weighted by Crippen LogP contribution is 2.10. The second kappa shape index (κ2) is 7.01. The number of aliphatic hydroxyl groups excluding tert-OH is 1. The van der Waals surface area contributed by atoms with Crippen molar-refractivity contribution in [1.82, 2.24) is 4.90 Å². The minimum atomic E-state index is -0.514. The largest absolute Gasteiger partial charge is 0.392 e. The monoisotopic (exact) mass is 250 g/mol. The number of hydrogen-bond donors (Lipinski definition) is 2. The zero-order valence-corrected chi connectivity index (χ0v) is 11.3. The van der Waals surface area contributed by atoms with E-state index in [1.54, 1.807) is 11.8 Å². The van der Waals surface area contributed by atoms with Gasteiger partial charge in [0.1, 0.15) is 0 Å². The lowest BCUT2D eigenvalue weighted by Gasteiger charge is -2.23. The number of rotatable bonds is 5. The first-order valence-corrected chi connectivity index (χ1v) is 6.33. The van der Waals surface area contributed by atoms with Crippen LogP contribution in [0.15, 0.2) is 24.3 Å². The average Bonchev–Trinajstić information content (AvgIpc) is 2.31. The lowest BCUT2D eigenvalue weighted by Crippen LogP contribution is -2.39. The Hall–Kier alpha value is -1.55. The van der Waals surface area contributed by atoms with Gasteiger partial charge < -0.3 is 15.3 Å². The van der Waals surface area contributed by atoms with E-state index in [-0.39, 0.29) is 6.03 Å². The molecule has 0 aliphatic heterocycles. The van der Waals surface area contributed by atoms with Gasteiger partial charge in [-0.3, -0.25) is 0 Å². The molecular weight excluding hydrogens is 228 g/mol. The van der Waals surface area contributed by atoms with E-state index in [9.17, 15) is 9.90 Å². The molecule has 1 rings (SSSR count).